The summed E-state index contributed by atoms with van der Waals surface area (Å²) in [5, 5.41) is 0. The highest BCUT2D eigenvalue weighted by atomic mass is 16.5. The lowest BCUT2D eigenvalue weighted by Gasteiger charge is -2.56. The fourth-order valence-electron chi connectivity index (χ4n) is 4.08. The van der Waals surface area contributed by atoms with Gasteiger partial charge in [0.25, 0.3) is 0 Å². The summed E-state index contributed by atoms with van der Waals surface area (Å²) in [6.45, 7) is 7.14. The minimum atomic E-state index is 0.375. The van der Waals surface area contributed by atoms with Crippen LogP contribution in [0.4, 0.5) is 0 Å². The average molecular weight is 270 g/mol. The molecule has 0 radical (unpaired) electrons. The van der Waals surface area contributed by atoms with Crippen molar-refractivity contribution in [1.82, 2.24) is 0 Å². The molecule has 1 fully saturated rings. The summed E-state index contributed by atoms with van der Waals surface area (Å²) < 4.78 is 5.26. The third-order valence-corrected chi connectivity index (χ3v) is 5.78. The van der Waals surface area contributed by atoms with Gasteiger partial charge in [-0.2, -0.15) is 0 Å². The van der Waals surface area contributed by atoms with Gasteiger partial charge in [-0.3, -0.25) is 0 Å². The number of hydrogen-bond donors (Lipinski definition) is 0. The summed E-state index contributed by atoms with van der Waals surface area (Å²) in [5.41, 5.74) is 1.84. The van der Waals surface area contributed by atoms with Crippen LogP contribution in [0.25, 0.3) is 0 Å². The molecule has 1 nitrogen and oxygen atoms in total. The SMILES string of the molecule is COc1ccc([C@@H]2C[C@@H]3C[C@H](C(C)C)C=C[C@@]32C)cc1. The van der Waals surface area contributed by atoms with Crippen molar-refractivity contribution in [3.05, 3.63) is 42.0 Å². The summed E-state index contributed by atoms with van der Waals surface area (Å²) in [4.78, 5) is 0. The number of hydrogen-bond acceptors (Lipinski definition) is 1. The predicted molar refractivity (Wildman–Crippen MR) is 84.0 cm³/mol. The minimum Gasteiger partial charge on any atom is -0.497 e. The number of methoxy groups -OCH3 is 1. The van der Waals surface area contributed by atoms with E-state index in [1.807, 2.05) is 0 Å². The number of rotatable bonds is 3. The average Bonchev–Trinajstić information content (AvgIpc) is 2.44. The Hall–Kier alpha value is -1.24. The molecule has 0 saturated heterocycles. The van der Waals surface area contributed by atoms with Gasteiger partial charge >= 0.3 is 0 Å². The lowest BCUT2D eigenvalue weighted by Crippen LogP contribution is -2.47. The molecule has 1 aromatic rings. The second-order valence-electron chi connectivity index (χ2n) is 7.13. The third-order valence-electron chi connectivity index (χ3n) is 5.78. The van der Waals surface area contributed by atoms with Crippen molar-refractivity contribution in [2.75, 3.05) is 7.11 Å². The van der Waals surface area contributed by atoms with Crippen molar-refractivity contribution in [3.63, 3.8) is 0 Å². The van der Waals surface area contributed by atoms with Crippen LogP contribution in [0.15, 0.2) is 36.4 Å². The zero-order chi connectivity index (χ0) is 14.3. The Balaban J connectivity index is 1.80. The summed E-state index contributed by atoms with van der Waals surface area (Å²) in [6.07, 6.45) is 7.72. The van der Waals surface area contributed by atoms with Crippen molar-refractivity contribution in [3.8, 4) is 5.75 Å². The van der Waals surface area contributed by atoms with Crippen LogP contribution in [0.3, 0.4) is 0 Å². The van der Waals surface area contributed by atoms with E-state index in [2.05, 4.69) is 57.2 Å². The molecule has 1 heteroatoms. The largest absolute Gasteiger partial charge is 0.497 e. The molecule has 0 N–H and O–H groups in total. The Labute approximate surface area is 123 Å². The van der Waals surface area contributed by atoms with E-state index in [1.54, 1.807) is 7.11 Å². The Kier molecular flexibility index (Phi) is 3.40. The van der Waals surface area contributed by atoms with Crippen LogP contribution >= 0.6 is 0 Å². The lowest BCUT2D eigenvalue weighted by atomic mass is 9.48. The molecule has 0 spiro atoms. The number of allylic oxidation sites excluding steroid dienone is 2. The number of benzene rings is 1. The predicted octanol–water partition coefficient (Wildman–Crippen LogP) is 5.04. The molecule has 4 atom stereocenters. The highest BCUT2D eigenvalue weighted by Crippen LogP contribution is 2.62. The first-order valence-corrected chi connectivity index (χ1v) is 7.88. The molecule has 2 aliphatic rings. The van der Waals surface area contributed by atoms with Crippen LogP contribution in [0.2, 0.25) is 0 Å². The van der Waals surface area contributed by atoms with Gasteiger partial charge < -0.3 is 4.74 Å². The highest BCUT2D eigenvalue weighted by Gasteiger charge is 2.52. The first-order valence-electron chi connectivity index (χ1n) is 7.88. The monoisotopic (exact) mass is 270 g/mol. The molecule has 2 aliphatic carbocycles. The van der Waals surface area contributed by atoms with Crippen molar-refractivity contribution in [1.29, 1.82) is 0 Å². The topological polar surface area (TPSA) is 9.23 Å². The fraction of sp³-hybridized carbons (Fsp3) is 0.579. The van der Waals surface area contributed by atoms with Gasteiger partial charge in [0.2, 0.25) is 0 Å². The zero-order valence-corrected chi connectivity index (χ0v) is 13.1. The second kappa shape index (κ2) is 4.95. The van der Waals surface area contributed by atoms with Gasteiger partial charge in [-0.15, -0.1) is 0 Å². The van der Waals surface area contributed by atoms with Crippen LogP contribution in [0.5, 0.6) is 5.75 Å². The lowest BCUT2D eigenvalue weighted by molar-refractivity contribution is 0.0313. The molecule has 0 heterocycles. The minimum absolute atomic E-state index is 0.375. The molecule has 0 aliphatic heterocycles. The van der Waals surface area contributed by atoms with E-state index >= 15 is 0 Å². The maximum Gasteiger partial charge on any atom is 0.118 e. The Morgan fingerprint density at radius 2 is 1.85 bits per heavy atom. The van der Waals surface area contributed by atoms with Crippen molar-refractivity contribution < 1.29 is 4.74 Å². The number of ether oxygens (including phenoxy) is 1. The summed E-state index contributed by atoms with van der Waals surface area (Å²) in [6, 6.07) is 8.67. The molecule has 1 saturated carbocycles. The summed E-state index contributed by atoms with van der Waals surface area (Å²) in [7, 11) is 1.73. The van der Waals surface area contributed by atoms with E-state index in [0.717, 1.165) is 23.5 Å². The Morgan fingerprint density at radius 3 is 2.40 bits per heavy atom. The molecule has 1 aromatic carbocycles. The van der Waals surface area contributed by atoms with Gasteiger partial charge in [-0.25, -0.2) is 0 Å². The summed E-state index contributed by atoms with van der Waals surface area (Å²) >= 11 is 0. The van der Waals surface area contributed by atoms with Crippen LogP contribution in [-0.2, 0) is 0 Å². The second-order valence-corrected chi connectivity index (χ2v) is 7.13. The van der Waals surface area contributed by atoms with Gasteiger partial charge in [0, 0.05) is 0 Å². The van der Waals surface area contributed by atoms with E-state index in [-0.39, 0.29) is 0 Å². The van der Waals surface area contributed by atoms with E-state index in [0.29, 0.717) is 11.3 Å². The maximum absolute atomic E-state index is 5.26. The van der Waals surface area contributed by atoms with Gasteiger partial charge in [0.15, 0.2) is 0 Å². The first-order chi connectivity index (χ1) is 9.54. The van der Waals surface area contributed by atoms with Crippen LogP contribution in [-0.4, -0.2) is 7.11 Å². The normalized spacial score (nSPS) is 35.5. The molecule has 108 valence electrons. The van der Waals surface area contributed by atoms with Gasteiger partial charge in [0.1, 0.15) is 5.75 Å². The Morgan fingerprint density at radius 1 is 1.15 bits per heavy atom. The first kappa shape index (κ1) is 13.7. The van der Waals surface area contributed by atoms with Crippen LogP contribution in [0, 0.1) is 23.2 Å². The van der Waals surface area contributed by atoms with Crippen molar-refractivity contribution >= 4 is 0 Å². The molecule has 0 unspecified atom stereocenters. The van der Waals surface area contributed by atoms with E-state index in [1.165, 1.54) is 18.4 Å². The van der Waals surface area contributed by atoms with Gasteiger partial charge in [-0.05, 0) is 59.6 Å². The van der Waals surface area contributed by atoms with Crippen LogP contribution < -0.4 is 4.74 Å². The van der Waals surface area contributed by atoms with Gasteiger partial charge in [-0.1, -0.05) is 45.1 Å². The van der Waals surface area contributed by atoms with Crippen LogP contribution in [0.1, 0.15) is 45.1 Å². The van der Waals surface area contributed by atoms with E-state index in [4.69, 9.17) is 4.74 Å². The van der Waals surface area contributed by atoms with Crippen molar-refractivity contribution in [2.24, 2.45) is 23.2 Å². The molecule has 0 bridgehead atoms. The van der Waals surface area contributed by atoms with E-state index < -0.39 is 0 Å². The highest BCUT2D eigenvalue weighted by molar-refractivity contribution is 5.35. The molecule has 3 rings (SSSR count). The Bertz CT molecular complexity index is 499. The smallest absolute Gasteiger partial charge is 0.118 e. The van der Waals surface area contributed by atoms with E-state index in [9.17, 15) is 0 Å². The zero-order valence-electron chi connectivity index (χ0n) is 13.1. The summed E-state index contributed by atoms with van der Waals surface area (Å²) in [5.74, 6) is 4.06. The third kappa shape index (κ3) is 2.08. The molecule has 0 aromatic heterocycles. The molecular formula is C19H26O. The molecular weight excluding hydrogens is 244 g/mol. The molecule has 0 amide bonds. The quantitative estimate of drug-likeness (QED) is 0.699. The van der Waals surface area contributed by atoms with Gasteiger partial charge in [0.05, 0.1) is 7.11 Å². The maximum atomic E-state index is 5.26. The molecule has 20 heavy (non-hydrogen) atoms. The van der Waals surface area contributed by atoms with Crippen molar-refractivity contribution in [2.45, 2.75) is 39.5 Å². The fourth-order valence-corrected chi connectivity index (χ4v) is 4.08. The standard InChI is InChI=1S/C19H26O/c1-13(2)15-9-10-19(3)16(11-15)12-18(19)14-5-7-17(20-4)8-6-14/h5-10,13,15-16,18H,11-12H2,1-4H3/t15-,16+,18+,19+/m1/s1. The number of fused-ring (bicyclic) bond motifs is 1.